The summed E-state index contributed by atoms with van der Waals surface area (Å²) in [6, 6.07) is 5.17. The second-order valence-electron chi connectivity index (χ2n) is 5.51. The predicted octanol–water partition coefficient (Wildman–Crippen LogP) is 3.38. The van der Waals surface area contributed by atoms with Crippen molar-refractivity contribution in [1.29, 1.82) is 0 Å². The van der Waals surface area contributed by atoms with Crippen LogP contribution in [0.5, 0.6) is 5.75 Å². The highest BCUT2D eigenvalue weighted by Crippen LogP contribution is 2.28. The molecule has 1 aromatic carbocycles. The lowest BCUT2D eigenvalue weighted by Crippen LogP contribution is -2.42. The minimum Gasteiger partial charge on any atom is -0.481 e. The van der Waals surface area contributed by atoms with Crippen LogP contribution in [0.4, 0.5) is 0 Å². The van der Waals surface area contributed by atoms with Gasteiger partial charge in [-0.25, -0.2) is 0 Å². The maximum atomic E-state index is 12.5. The fourth-order valence-corrected chi connectivity index (χ4v) is 2.95. The van der Waals surface area contributed by atoms with E-state index < -0.39 is 6.10 Å². The minimum atomic E-state index is -0.568. The van der Waals surface area contributed by atoms with Crippen molar-refractivity contribution >= 4 is 41.5 Å². The lowest BCUT2D eigenvalue weighted by atomic mass is 10.1. The fourth-order valence-electron chi connectivity index (χ4n) is 2.66. The molecular weight excluding hydrogens is 347 g/mol. The Hall–Kier alpha value is -0.680. The first-order valence-electron chi connectivity index (χ1n) is 7.04. The van der Waals surface area contributed by atoms with Crippen LogP contribution >= 0.6 is 35.6 Å². The Labute approximate surface area is 147 Å². The summed E-state index contributed by atoms with van der Waals surface area (Å²) >= 11 is 11.8. The van der Waals surface area contributed by atoms with Crippen LogP contribution in [0.15, 0.2) is 18.2 Å². The average molecular weight is 368 g/mol. The molecule has 2 N–H and O–H groups in total. The van der Waals surface area contributed by atoms with E-state index in [2.05, 4.69) is 0 Å². The van der Waals surface area contributed by atoms with E-state index in [0.29, 0.717) is 34.8 Å². The molecule has 2 rings (SSSR count). The first-order valence-corrected chi connectivity index (χ1v) is 7.80. The average Bonchev–Trinajstić information content (AvgIpc) is 2.83. The second kappa shape index (κ2) is 8.25. The van der Waals surface area contributed by atoms with Crippen LogP contribution < -0.4 is 10.5 Å². The van der Waals surface area contributed by atoms with Crippen molar-refractivity contribution in [3.8, 4) is 5.75 Å². The highest BCUT2D eigenvalue weighted by molar-refractivity contribution is 6.42. The molecule has 0 aliphatic carbocycles. The van der Waals surface area contributed by atoms with Crippen LogP contribution in [0.1, 0.15) is 20.3 Å². The van der Waals surface area contributed by atoms with Gasteiger partial charge >= 0.3 is 0 Å². The molecule has 1 heterocycles. The Balaban J connectivity index is 0.00000242. The van der Waals surface area contributed by atoms with E-state index >= 15 is 0 Å². The van der Waals surface area contributed by atoms with Crippen molar-refractivity contribution in [1.82, 2.24) is 4.90 Å². The Morgan fingerprint density at radius 3 is 2.68 bits per heavy atom. The quantitative estimate of drug-likeness (QED) is 0.887. The molecule has 22 heavy (non-hydrogen) atoms. The van der Waals surface area contributed by atoms with Gasteiger partial charge in [-0.1, -0.05) is 23.2 Å². The first kappa shape index (κ1) is 19.4. The predicted molar refractivity (Wildman–Crippen MR) is 92.1 cm³/mol. The second-order valence-corrected chi connectivity index (χ2v) is 6.33. The van der Waals surface area contributed by atoms with Crippen LogP contribution in [0, 0.1) is 5.92 Å². The van der Waals surface area contributed by atoms with Gasteiger partial charge in [-0.15, -0.1) is 12.4 Å². The lowest BCUT2D eigenvalue weighted by Gasteiger charge is -2.25. The van der Waals surface area contributed by atoms with Gasteiger partial charge in [-0.2, -0.15) is 0 Å². The molecule has 0 aromatic heterocycles. The van der Waals surface area contributed by atoms with E-state index in [0.717, 1.165) is 6.42 Å². The third kappa shape index (κ3) is 4.42. The maximum absolute atomic E-state index is 12.5. The van der Waals surface area contributed by atoms with Crippen molar-refractivity contribution in [2.24, 2.45) is 11.7 Å². The monoisotopic (exact) mass is 366 g/mol. The summed E-state index contributed by atoms with van der Waals surface area (Å²) in [6.07, 6.45) is 0.378. The molecule has 124 valence electrons. The zero-order valence-corrected chi connectivity index (χ0v) is 14.9. The molecule has 0 spiro atoms. The van der Waals surface area contributed by atoms with E-state index in [9.17, 15) is 4.79 Å². The molecule has 1 aliphatic heterocycles. The largest absolute Gasteiger partial charge is 0.481 e. The van der Waals surface area contributed by atoms with E-state index in [4.69, 9.17) is 33.7 Å². The number of hydrogen-bond acceptors (Lipinski definition) is 3. The molecule has 1 saturated heterocycles. The molecule has 1 aliphatic rings. The topological polar surface area (TPSA) is 55.6 Å². The standard InChI is InChI=1S/C15H20Cl2N2O2.ClH/c1-9-5-11(7-18)8-19(9)15(20)10(2)21-12-3-4-13(16)14(17)6-12;/h3-4,6,9-11H,5,7-8,18H2,1-2H3;1H. The normalized spacial score (nSPS) is 22.1. The number of hydrogen-bond donors (Lipinski definition) is 1. The molecule has 1 amide bonds. The van der Waals surface area contributed by atoms with Gasteiger partial charge in [0.15, 0.2) is 6.10 Å². The first-order chi connectivity index (χ1) is 9.92. The van der Waals surface area contributed by atoms with Gasteiger partial charge < -0.3 is 15.4 Å². The molecule has 1 fully saturated rings. The number of rotatable bonds is 4. The third-order valence-electron chi connectivity index (χ3n) is 3.83. The van der Waals surface area contributed by atoms with Gasteiger partial charge in [0.25, 0.3) is 5.91 Å². The summed E-state index contributed by atoms with van der Waals surface area (Å²) < 4.78 is 5.68. The van der Waals surface area contributed by atoms with Crippen LogP contribution in [0.2, 0.25) is 10.0 Å². The van der Waals surface area contributed by atoms with Gasteiger partial charge in [0, 0.05) is 18.7 Å². The number of halogens is 3. The molecular formula is C15H21Cl3N2O2. The number of amides is 1. The van der Waals surface area contributed by atoms with Crippen LogP contribution in [-0.4, -0.2) is 36.0 Å². The lowest BCUT2D eigenvalue weighted by molar-refractivity contribution is -0.138. The summed E-state index contributed by atoms with van der Waals surface area (Å²) in [5.41, 5.74) is 5.69. The fraction of sp³-hybridized carbons (Fsp3) is 0.533. The zero-order valence-electron chi connectivity index (χ0n) is 12.6. The van der Waals surface area contributed by atoms with E-state index in [1.54, 1.807) is 25.1 Å². The van der Waals surface area contributed by atoms with E-state index in [1.165, 1.54) is 0 Å². The van der Waals surface area contributed by atoms with Crippen molar-refractivity contribution in [2.75, 3.05) is 13.1 Å². The number of ether oxygens (including phenoxy) is 1. The Morgan fingerprint density at radius 2 is 2.14 bits per heavy atom. The molecule has 3 atom stereocenters. The highest BCUT2D eigenvalue weighted by Gasteiger charge is 2.34. The number of benzene rings is 1. The van der Waals surface area contributed by atoms with Crippen molar-refractivity contribution in [3.05, 3.63) is 28.2 Å². The Morgan fingerprint density at radius 1 is 1.45 bits per heavy atom. The van der Waals surface area contributed by atoms with Crippen LogP contribution in [-0.2, 0) is 4.79 Å². The van der Waals surface area contributed by atoms with Crippen molar-refractivity contribution in [2.45, 2.75) is 32.4 Å². The van der Waals surface area contributed by atoms with E-state index in [1.807, 2.05) is 11.8 Å². The third-order valence-corrected chi connectivity index (χ3v) is 4.57. The van der Waals surface area contributed by atoms with E-state index in [-0.39, 0.29) is 24.4 Å². The van der Waals surface area contributed by atoms with Crippen LogP contribution in [0.3, 0.4) is 0 Å². The Bertz CT molecular complexity index is 528. The van der Waals surface area contributed by atoms with Gasteiger partial charge in [-0.3, -0.25) is 4.79 Å². The van der Waals surface area contributed by atoms with Crippen molar-refractivity contribution in [3.63, 3.8) is 0 Å². The van der Waals surface area contributed by atoms with Gasteiger partial charge in [0.1, 0.15) is 5.75 Å². The summed E-state index contributed by atoms with van der Waals surface area (Å²) in [6.45, 7) is 5.09. The molecule has 7 heteroatoms. The molecule has 0 saturated carbocycles. The molecule has 1 aromatic rings. The SMILES string of the molecule is CC(Oc1ccc(Cl)c(Cl)c1)C(=O)N1CC(CN)CC1C.Cl. The van der Waals surface area contributed by atoms with Gasteiger partial charge in [0.2, 0.25) is 0 Å². The van der Waals surface area contributed by atoms with Gasteiger partial charge in [-0.05, 0) is 44.9 Å². The number of carbonyl (C=O) groups excluding carboxylic acids is 1. The number of nitrogens with two attached hydrogens (primary N) is 1. The smallest absolute Gasteiger partial charge is 0.263 e. The minimum absolute atomic E-state index is 0. The zero-order chi connectivity index (χ0) is 15.6. The number of likely N-dealkylation sites (tertiary alicyclic amines) is 1. The van der Waals surface area contributed by atoms with Crippen LogP contribution in [0.25, 0.3) is 0 Å². The molecule has 4 nitrogen and oxygen atoms in total. The molecule has 0 radical (unpaired) electrons. The number of nitrogens with zero attached hydrogens (tertiary/aromatic N) is 1. The number of carbonyl (C=O) groups is 1. The molecule has 0 bridgehead atoms. The summed E-state index contributed by atoms with van der Waals surface area (Å²) in [4.78, 5) is 14.3. The maximum Gasteiger partial charge on any atom is 0.263 e. The highest BCUT2D eigenvalue weighted by atomic mass is 35.5. The van der Waals surface area contributed by atoms with Gasteiger partial charge in [0.05, 0.1) is 10.0 Å². The summed E-state index contributed by atoms with van der Waals surface area (Å²) in [5.74, 6) is 0.887. The Kier molecular flexibility index (Phi) is 7.26. The summed E-state index contributed by atoms with van der Waals surface area (Å²) in [5, 5.41) is 0.869. The summed E-state index contributed by atoms with van der Waals surface area (Å²) in [7, 11) is 0. The van der Waals surface area contributed by atoms with Crippen molar-refractivity contribution < 1.29 is 9.53 Å². The molecule has 3 unspecified atom stereocenters.